The lowest BCUT2D eigenvalue weighted by molar-refractivity contribution is -0.117. The third kappa shape index (κ3) is 3.21. The van der Waals surface area contributed by atoms with E-state index in [9.17, 15) is 9.90 Å². The lowest BCUT2D eigenvalue weighted by Gasteiger charge is -2.10. The Labute approximate surface area is 88.3 Å². The topological polar surface area (TPSA) is 88.2 Å². The molecule has 0 aliphatic rings. The quantitative estimate of drug-likeness (QED) is 0.686. The van der Waals surface area contributed by atoms with E-state index in [0.717, 1.165) is 6.42 Å². The maximum absolute atomic E-state index is 11.5. The predicted octanol–water partition coefficient (Wildman–Crippen LogP) is 0.853. The molecule has 0 aliphatic heterocycles. The van der Waals surface area contributed by atoms with Crippen LogP contribution >= 0.6 is 0 Å². The Morgan fingerprint density at radius 1 is 1.73 bits per heavy atom. The smallest absolute Gasteiger partial charge is 0.242 e. The fourth-order valence-corrected chi connectivity index (χ4v) is 1.14. The molecule has 1 atom stereocenters. The summed E-state index contributed by atoms with van der Waals surface area (Å²) in [5.74, 6) is -0.241. The molecular weight excluding hydrogens is 194 g/mol. The van der Waals surface area contributed by atoms with Crippen molar-refractivity contribution < 1.29 is 9.90 Å². The second-order valence-corrected chi connectivity index (χ2v) is 3.26. The van der Waals surface area contributed by atoms with E-state index in [4.69, 9.17) is 5.73 Å². The Morgan fingerprint density at radius 3 is 3.07 bits per heavy atom. The van der Waals surface area contributed by atoms with Crippen molar-refractivity contribution in [2.45, 2.75) is 25.8 Å². The molecule has 0 aromatic carbocycles. The van der Waals surface area contributed by atoms with Gasteiger partial charge in [0.1, 0.15) is 0 Å². The molecule has 0 bridgehead atoms. The number of aromatic hydroxyl groups is 1. The van der Waals surface area contributed by atoms with Crippen LogP contribution in [0, 0.1) is 0 Å². The van der Waals surface area contributed by atoms with E-state index in [-0.39, 0.29) is 17.5 Å². The van der Waals surface area contributed by atoms with Gasteiger partial charge in [0.05, 0.1) is 6.04 Å². The first-order chi connectivity index (χ1) is 7.15. The molecule has 0 fully saturated rings. The molecule has 0 spiro atoms. The van der Waals surface area contributed by atoms with Crippen LogP contribution in [0.15, 0.2) is 18.3 Å². The van der Waals surface area contributed by atoms with E-state index in [1.165, 1.54) is 12.3 Å². The molecule has 0 saturated carbocycles. The second-order valence-electron chi connectivity index (χ2n) is 3.26. The molecule has 0 radical (unpaired) electrons. The summed E-state index contributed by atoms with van der Waals surface area (Å²) in [6, 6.07) is 2.47. The number of pyridine rings is 1. The molecule has 0 aliphatic carbocycles. The molecule has 1 rings (SSSR count). The van der Waals surface area contributed by atoms with E-state index < -0.39 is 6.04 Å². The van der Waals surface area contributed by atoms with E-state index in [0.29, 0.717) is 6.42 Å². The summed E-state index contributed by atoms with van der Waals surface area (Å²) in [7, 11) is 0. The summed E-state index contributed by atoms with van der Waals surface area (Å²) >= 11 is 0. The Bertz CT molecular complexity index is 341. The van der Waals surface area contributed by atoms with Crippen molar-refractivity contribution in [3.8, 4) is 5.75 Å². The molecule has 1 aromatic rings. The highest BCUT2D eigenvalue weighted by Crippen LogP contribution is 2.18. The standard InChI is InChI=1S/C10H15N3O2/c1-2-4-7(11)10(15)13-9-8(14)5-3-6-12-9/h3,5-7,14H,2,4,11H2,1H3,(H,12,13,15). The van der Waals surface area contributed by atoms with Crippen LogP contribution in [0.3, 0.4) is 0 Å². The summed E-state index contributed by atoms with van der Waals surface area (Å²) in [5, 5.41) is 11.8. The zero-order valence-corrected chi connectivity index (χ0v) is 8.60. The zero-order chi connectivity index (χ0) is 11.3. The minimum atomic E-state index is -0.559. The molecule has 0 saturated heterocycles. The predicted molar refractivity (Wildman–Crippen MR) is 57.4 cm³/mol. The van der Waals surface area contributed by atoms with Gasteiger partial charge in [-0.2, -0.15) is 0 Å². The van der Waals surface area contributed by atoms with Crippen LogP contribution < -0.4 is 11.1 Å². The third-order valence-corrected chi connectivity index (χ3v) is 1.96. The fraction of sp³-hybridized carbons (Fsp3) is 0.400. The minimum Gasteiger partial charge on any atom is -0.504 e. The number of rotatable bonds is 4. The van der Waals surface area contributed by atoms with E-state index >= 15 is 0 Å². The van der Waals surface area contributed by atoms with Gasteiger partial charge >= 0.3 is 0 Å². The van der Waals surface area contributed by atoms with Gasteiger partial charge in [-0.05, 0) is 18.6 Å². The molecular formula is C10H15N3O2. The van der Waals surface area contributed by atoms with Crippen LogP contribution in [0.25, 0.3) is 0 Å². The van der Waals surface area contributed by atoms with Gasteiger partial charge in [-0.15, -0.1) is 0 Å². The molecule has 15 heavy (non-hydrogen) atoms. The summed E-state index contributed by atoms with van der Waals surface area (Å²) in [5.41, 5.74) is 5.60. The van der Waals surface area contributed by atoms with Crippen LogP contribution in [0.4, 0.5) is 5.82 Å². The third-order valence-electron chi connectivity index (χ3n) is 1.96. The second kappa shape index (κ2) is 5.31. The molecule has 82 valence electrons. The van der Waals surface area contributed by atoms with Gasteiger partial charge in [-0.1, -0.05) is 13.3 Å². The van der Waals surface area contributed by atoms with Crippen molar-refractivity contribution >= 4 is 11.7 Å². The van der Waals surface area contributed by atoms with Crippen LogP contribution in [-0.4, -0.2) is 22.0 Å². The van der Waals surface area contributed by atoms with Crippen LogP contribution in [0.5, 0.6) is 5.75 Å². The summed E-state index contributed by atoms with van der Waals surface area (Å²) in [6.07, 6.45) is 2.93. The van der Waals surface area contributed by atoms with Crippen LogP contribution in [0.2, 0.25) is 0 Å². The van der Waals surface area contributed by atoms with Gasteiger partial charge in [-0.3, -0.25) is 4.79 Å². The van der Waals surface area contributed by atoms with Crippen LogP contribution in [0.1, 0.15) is 19.8 Å². The van der Waals surface area contributed by atoms with Gasteiger partial charge in [0, 0.05) is 6.20 Å². The lowest BCUT2D eigenvalue weighted by atomic mass is 10.2. The molecule has 1 heterocycles. The molecule has 5 heteroatoms. The number of nitrogens with one attached hydrogen (secondary N) is 1. The monoisotopic (exact) mass is 209 g/mol. The molecule has 1 aromatic heterocycles. The maximum atomic E-state index is 11.5. The highest BCUT2D eigenvalue weighted by molar-refractivity contribution is 5.94. The molecule has 4 N–H and O–H groups in total. The Kier molecular flexibility index (Phi) is 4.05. The van der Waals surface area contributed by atoms with Crippen molar-refractivity contribution in [2.24, 2.45) is 5.73 Å². The van der Waals surface area contributed by atoms with Crippen molar-refractivity contribution in [1.82, 2.24) is 4.98 Å². The number of carbonyl (C=O) groups excluding carboxylic acids is 1. The molecule has 5 nitrogen and oxygen atoms in total. The summed E-state index contributed by atoms with van der Waals surface area (Å²) in [4.78, 5) is 15.3. The maximum Gasteiger partial charge on any atom is 0.242 e. The molecule has 1 unspecified atom stereocenters. The summed E-state index contributed by atoms with van der Waals surface area (Å²) < 4.78 is 0. The zero-order valence-electron chi connectivity index (χ0n) is 8.60. The van der Waals surface area contributed by atoms with Crippen LogP contribution in [-0.2, 0) is 4.79 Å². The number of hydrogen-bond donors (Lipinski definition) is 3. The first-order valence-electron chi connectivity index (χ1n) is 4.85. The van der Waals surface area contributed by atoms with E-state index in [1.54, 1.807) is 6.07 Å². The normalized spacial score (nSPS) is 12.1. The van der Waals surface area contributed by atoms with Gasteiger partial charge in [0.25, 0.3) is 0 Å². The van der Waals surface area contributed by atoms with E-state index in [1.807, 2.05) is 6.92 Å². The van der Waals surface area contributed by atoms with Gasteiger partial charge < -0.3 is 16.2 Å². The minimum absolute atomic E-state index is 0.0606. The van der Waals surface area contributed by atoms with E-state index in [2.05, 4.69) is 10.3 Å². The molecule has 1 amide bonds. The first kappa shape index (κ1) is 11.5. The average Bonchev–Trinajstić information content (AvgIpc) is 2.21. The Balaban J connectivity index is 2.62. The van der Waals surface area contributed by atoms with Gasteiger partial charge in [0.2, 0.25) is 5.91 Å². The number of anilines is 1. The first-order valence-corrected chi connectivity index (χ1v) is 4.85. The Hall–Kier alpha value is -1.62. The number of aromatic nitrogens is 1. The number of amides is 1. The number of nitrogens with two attached hydrogens (primary N) is 1. The van der Waals surface area contributed by atoms with Crippen molar-refractivity contribution in [3.63, 3.8) is 0 Å². The van der Waals surface area contributed by atoms with Gasteiger partial charge in [0.15, 0.2) is 11.6 Å². The van der Waals surface area contributed by atoms with Crippen molar-refractivity contribution in [1.29, 1.82) is 0 Å². The Morgan fingerprint density at radius 2 is 2.47 bits per heavy atom. The number of nitrogens with zero attached hydrogens (tertiary/aromatic N) is 1. The summed E-state index contributed by atoms with van der Waals surface area (Å²) in [6.45, 7) is 1.95. The number of carbonyl (C=O) groups is 1. The largest absolute Gasteiger partial charge is 0.504 e. The average molecular weight is 209 g/mol. The highest BCUT2D eigenvalue weighted by Gasteiger charge is 2.14. The van der Waals surface area contributed by atoms with Crippen molar-refractivity contribution in [2.75, 3.05) is 5.32 Å². The lowest BCUT2D eigenvalue weighted by Crippen LogP contribution is -2.35. The fourth-order valence-electron chi connectivity index (χ4n) is 1.14. The SMILES string of the molecule is CCCC(N)C(=O)Nc1ncccc1O. The number of hydrogen-bond acceptors (Lipinski definition) is 4. The highest BCUT2D eigenvalue weighted by atomic mass is 16.3. The van der Waals surface area contributed by atoms with Crippen molar-refractivity contribution in [3.05, 3.63) is 18.3 Å². The van der Waals surface area contributed by atoms with Gasteiger partial charge in [-0.25, -0.2) is 4.98 Å².